The van der Waals surface area contributed by atoms with Crippen LogP contribution in [-0.2, 0) is 16.0 Å². The molecule has 2 aromatic carbocycles. The molecule has 2 aromatic rings. The van der Waals surface area contributed by atoms with Crippen LogP contribution in [0.3, 0.4) is 0 Å². The maximum absolute atomic E-state index is 12.9. The van der Waals surface area contributed by atoms with Crippen LogP contribution in [0.5, 0.6) is 11.5 Å². The number of carbonyl (C=O) groups is 2. The molecule has 0 bridgehead atoms. The van der Waals surface area contributed by atoms with Crippen molar-refractivity contribution in [2.75, 3.05) is 27.3 Å². The number of rotatable bonds is 10. The number of hydrogen-bond donors (Lipinski definition) is 1. The fourth-order valence-corrected chi connectivity index (χ4v) is 2.96. The van der Waals surface area contributed by atoms with Crippen LogP contribution in [0.15, 0.2) is 54.6 Å². The lowest BCUT2D eigenvalue weighted by molar-refractivity contribution is -0.142. The predicted molar refractivity (Wildman–Crippen MR) is 108 cm³/mol. The Morgan fingerprint density at radius 2 is 1.68 bits per heavy atom. The first-order chi connectivity index (χ1) is 13.6. The third kappa shape index (κ3) is 6.01. The smallest absolute Gasteiger partial charge is 0.261 e. The molecular weight excluding hydrogens is 356 g/mol. The van der Waals surface area contributed by atoms with E-state index in [0.717, 1.165) is 5.56 Å². The lowest BCUT2D eigenvalue weighted by atomic mass is 10.1. The van der Waals surface area contributed by atoms with Gasteiger partial charge in [-0.2, -0.15) is 0 Å². The average Bonchev–Trinajstić information content (AvgIpc) is 2.75. The molecule has 1 unspecified atom stereocenters. The van der Waals surface area contributed by atoms with E-state index < -0.39 is 6.04 Å². The zero-order valence-corrected chi connectivity index (χ0v) is 16.7. The number of ether oxygens (including phenoxy) is 2. The van der Waals surface area contributed by atoms with Crippen LogP contribution < -0.4 is 14.8 Å². The molecule has 0 saturated carbocycles. The fourth-order valence-electron chi connectivity index (χ4n) is 2.96. The lowest BCUT2D eigenvalue weighted by Crippen LogP contribution is -2.50. The SMILES string of the molecule is CCC(C(=O)NC)N(CCc1ccccc1)C(=O)COc1ccc(OC)cc1. The summed E-state index contributed by atoms with van der Waals surface area (Å²) in [6.45, 7) is 2.21. The Morgan fingerprint density at radius 3 is 2.25 bits per heavy atom. The van der Waals surface area contributed by atoms with Crippen molar-refractivity contribution in [2.24, 2.45) is 0 Å². The molecule has 28 heavy (non-hydrogen) atoms. The second-order valence-corrected chi connectivity index (χ2v) is 6.33. The molecule has 0 heterocycles. The molecule has 0 saturated heterocycles. The minimum absolute atomic E-state index is 0.130. The number of benzene rings is 2. The molecule has 0 fully saturated rings. The van der Waals surface area contributed by atoms with Crippen LogP contribution >= 0.6 is 0 Å². The van der Waals surface area contributed by atoms with Gasteiger partial charge in [-0.15, -0.1) is 0 Å². The van der Waals surface area contributed by atoms with Gasteiger partial charge in [-0.1, -0.05) is 37.3 Å². The highest BCUT2D eigenvalue weighted by atomic mass is 16.5. The number of nitrogens with one attached hydrogen (secondary N) is 1. The minimum atomic E-state index is -0.527. The zero-order valence-electron chi connectivity index (χ0n) is 16.7. The highest BCUT2D eigenvalue weighted by Gasteiger charge is 2.27. The van der Waals surface area contributed by atoms with Gasteiger partial charge in [0.05, 0.1) is 7.11 Å². The summed E-state index contributed by atoms with van der Waals surface area (Å²) < 4.78 is 10.7. The molecule has 0 spiro atoms. The molecule has 0 aliphatic carbocycles. The molecule has 0 radical (unpaired) electrons. The first-order valence-corrected chi connectivity index (χ1v) is 9.40. The Balaban J connectivity index is 2.06. The van der Waals surface area contributed by atoms with Crippen LogP contribution in [0, 0.1) is 0 Å². The van der Waals surface area contributed by atoms with E-state index in [1.54, 1.807) is 43.3 Å². The van der Waals surface area contributed by atoms with Gasteiger partial charge < -0.3 is 19.7 Å². The normalized spacial score (nSPS) is 11.4. The zero-order chi connectivity index (χ0) is 20.4. The third-order valence-electron chi connectivity index (χ3n) is 4.54. The largest absolute Gasteiger partial charge is 0.497 e. The summed E-state index contributed by atoms with van der Waals surface area (Å²) in [5, 5.41) is 2.65. The molecule has 0 aliphatic heterocycles. The second kappa shape index (κ2) is 11.0. The van der Waals surface area contributed by atoms with Crippen molar-refractivity contribution in [1.29, 1.82) is 0 Å². The first kappa shape index (κ1) is 21.3. The lowest BCUT2D eigenvalue weighted by Gasteiger charge is -2.30. The first-order valence-electron chi connectivity index (χ1n) is 9.40. The Hall–Kier alpha value is -3.02. The van der Waals surface area contributed by atoms with E-state index in [1.165, 1.54) is 0 Å². The maximum atomic E-state index is 12.9. The molecule has 0 aromatic heterocycles. The Morgan fingerprint density at radius 1 is 1.04 bits per heavy atom. The van der Waals surface area contributed by atoms with Crippen LogP contribution in [0.4, 0.5) is 0 Å². The molecular formula is C22H28N2O4. The van der Waals surface area contributed by atoms with Crippen LogP contribution in [0.25, 0.3) is 0 Å². The number of hydrogen-bond acceptors (Lipinski definition) is 4. The van der Waals surface area contributed by atoms with E-state index >= 15 is 0 Å². The monoisotopic (exact) mass is 384 g/mol. The summed E-state index contributed by atoms with van der Waals surface area (Å²) in [6.07, 6.45) is 1.20. The molecule has 2 rings (SSSR count). The van der Waals surface area contributed by atoms with Gasteiger partial charge in [0.15, 0.2) is 6.61 Å². The van der Waals surface area contributed by atoms with Crippen LogP contribution in [0.1, 0.15) is 18.9 Å². The summed E-state index contributed by atoms with van der Waals surface area (Å²) in [6, 6.07) is 16.4. The van der Waals surface area contributed by atoms with Gasteiger partial charge in [0.2, 0.25) is 5.91 Å². The van der Waals surface area contributed by atoms with Crippen LogP contribution in [0.2, 0.25) is 0 Å². The van der Waals surface area contributed by atoms with Gasteiger partial charge in [0.1, 0.15) is 17.5 Å². The minimum Gasteiger partial charge on any atom is -0.497 e. The van der Waals surface area contributed by atoms with Crippen molar-refractivity contribution in [2.45, 2.75) is 25.8 Å². The number of amides is 2. The Bertz CT molecular complexity index is 747. The Kier molecular flexibility index (Phi) is 8.34. The molecule has 0 aliphatic rings. The van der Waals surface area contributed by atoms with Crippen molar-refractivity contribution in [3.8, 4) is 11.5 Å². The third-order valence-corrected chi connectivity index (χ3v) is 4.54. The second-order valence-electron chi connectivity index (χ2n) is 6.33. The van der Waals surface area contributed by atoms with Crippen molar-refractivity contribution in [3.05, 3.63) is 60.2 Å². The number of methoxy groups -OCH3 is 1. The summed E-state index contributed by atoms with van der Waals surface area (Å²) in [4.78, 5) is 26.8. The average molecular weight is 384 g/mol. The van der Waals surface area contributed by atoms with E-state index in [9.17, 15) is 9.59 Å². The summed E-state index contributed by atoms with van der Waals surface area (Å²) in [7, 11) is 3.17. The van der Waals surface area contributed by atoms with E-state index in [-0.39, 0.29) is 18.4 Å². The van der Waals surface area contributed by atoms with Gasteiger partial charge in [-0.25, -0.2) is 0 Å². The number of nitrogens with zero attached hydrogens (tertiary/aromatic N) is 1. The Labute approximate surface area is 166 Å². The van der Waals surface area contributed by atoms with Crippen molar-refractivity contribution < 1.29 is 19.1 Å². The van der Waals surface area contributed by atoms with Crippen molar-refractivity contribution in [1.82, 2.24) is 10.2 Å². The molecule has 6 nitrogen and oxygen atoms in total. The van der Waals surface area contributed by atoms with Gasteiger partial charge in [0.25, 0.3) is 5.91 Å². The van der Waals surface area contributed by atoms with E-state index in [4.69, 9.17) is 9.47 Å². The molecule has 1 N–H and O–H groups in total. The van der Waals surface area contributed by atoms with Crippen molar-refractivity contribution in [3.63, 3.8) is 0 Å². The molecule has 2 amide bonds. The van der Waals surface area contributed by atoms with Gasteiger partial charge in [-0.05, 0) is 42.7 Å². The van der Waals surface area contributed by atoms with Gasteiger partial charge in [-0.3, -0.25) is 9.59 Å². The maximum Gasteiger partial charge on any atom is 0.261 e. The molecule has 6 heteroatoms. The van der Waals surface area contributed by atoms with E-state index in [1.807, 2.05) is 37.3 Å². The fraction of sp³-hybridized carbons (Fsp3) is 0.364. The quantitative estimate of drug-likeness (QED) is 0.684. The number of carbonyl (C=O) groups excluding carboxylic acids is 2. The summed E-state index contributed by atoms with van der Waals surface area (Å²) in [5.74, 6) is 0.898. The van der Waals surface area contributed by atoms with Gasteiger partial charge in [0, 0.05) is 13.6 Å². The summed E-state index contributed by atoms with van der Waals surface area (Å²) >= 11 is 0. The topological polar surface area (TPSA) is 67.9 Å². The van der Waals surface area contributed by atoms with E-state index in [2.05, 4.69) is 5.32 Å². The summed E-state index contributed by atoms with van der Waals surface area (Å²) in [5.41, 5.74) is 1.11. The van der Waals surface area contributed by atoms with Gasteiger partial charge >= 0.3 is 0 Å². The molecule has 1 atom stereocenters. The van der Waals surface area contributed by atoms with Crippen LogP contribution in [-0.4, -0.2) is 50.1 Å². The standard InChI is InChI=1S/C22H28N2O4/c1-4-20(22(26)23-2)24(15-14-17-8-6-5-7-9-17)21(25)16-28-19-12-10-18(27-3)11-13-19/h5-13,20H,4,14-16H2,1-3H3,(H,23,26). The molecule has 150 valence electrons. The van der Waals surface area contributed by atoms with Crippen molar-refractivity contribution >= 4 is 11.8 Å². The predicted octanol–water partition coefficient (Wildman–Crippen LogP) is 2.67. The highest BCUT2D eigenvalue weighted by Crippen LogP contribution is 2.17. The van der Waals surface area contributed by atoms with E-state index in [0.29, 0.717) is 30.9 Å². The number of likely N-dealkylation sites (N-methyl/N-ethyl adjacent to an activating group) is 1. The highest BCUT2D eigenvalue weighted by molar-refractivity contribution is 5.88.